The maximum atomic E-state index is 12.5. The Hall–Kier alpha value is -3.97. The number of aryl methyl sites for hydroxylation is 1. The molecule has 1 aromatic carbocycles. The average molecular weight is 440 g/mol. The maximum absolute atomic E-state index is 12.5. The van der Waals surface area contributed by atoms with Gasteiger partial charge in [-0.25, -0.2) is 4.79 Å². The van der Waals surface area contributed by atoms with Gasteiger partial charge in [0.2, 0.25) is 0 Å². The lowest BCUT2D eigenvalue weighted by atomic mass is 10.1. The zero-order chi connectivity index (χ0) is 23.8. The molecule has 1 aromatic heterocycles. The van der Waals surface area contributed by atoms with E-state index in [1.54, 1.807) is 7.11 Å². The third-order valence-corrected chi connectivity index (χ3v) is 4.75. The first-order valence-corrected chi connectivity index (χ1v) is 9.71. The SMILES string of the molecule is COCCn1c(C)cc(/C=C(/C#N)C(=O)O[C@H](C)C(=O)Nc2cccc([N+](=O)[O-])c2)c1C. The minimum Gasteiger partial charge on any atom is -0.448 e. The summed E-state index contributed by atoms with van der Waals surface area (Å²) in [6, 6.07) is 9.02. The first-order valence-electron chi connectivity index (χ1n) is 9.71. The van der Waals surface area contributed by atoms with Crippen LogP contribution in [0.15, 0.2) is 35.9 Å². The van der Waals surface area contributed by atoms with E-state index in [-0.39, 0.29) is 16.9 Å². The number of benzene rings is 1. The maximum Gasteiger partial charge on any atom is 0.349 e. The number of non-ortho nitro benzene ring substituents is 1. The number of hydrogen-bond donors (Lipinski definition) is 1. The summed E-state index contributed by atoms with van der Waals surface area (Å²) in [7, 11) is 1.61. The Morgan fingerprint density at radius 2 is 2.06 bits per heavy atom. The van der Waals surface area contributed by atoms with Crippen molar-refractivity contribution in [2.75, 3.05) is 19.0 Å². The van der Waals surface area contributed by atoms with Gasteiger partial charge in [0, 0.05) is 42.9 Å². The topological polar surface area (TPSA) is 136 Å². The molecule has 1 N–H and O–H groups in total. The molecule has 0 fully saturated rings. The van der Waals surface area contributed by atoms with Crippen molar-refractivity contribution < 1.29 is 24.0 Å². The number of nitro groups is 1. The van der Waals surface area contributed by atoms with Crippen LogP contribution >= 0.6 is 0 Å². The summed E-state index contributed by atoms with van der Waals surface area (Å²) in [6.45, 7) is 6.26. The van der Waals surface area contributed by atoms with Gasteiger partial charge in [-0.05, 0) is 44.5 Å². The van der Waals surface area contributed by atoms with Gasteiger partial charge >= 0.3 is 5.97 Å². The molecule has 0 aliphatic rings. The molecule has 2 aromatic rings. The third kappa shape index (κ3) is 6.02. The molecule has 32 heavy (non-hydrogen) atoms. The van der Waals surface area contributed by atoms with Crippen LogP contribution in [-0.4, -0.2) is 41.2 Å². The van der Waals surface area contributed by atoms with Crippen LogP contribution in [0.3, 0.4) is 0 Å². The van der Waals surface area contributed by atoms with Crippen molar-refractivity contribution in [2.24, 2.45) is 0 Å². The van der Waals surface area contributed by atoms with Crippen molar-refractivity contribution in [1.82, 2.24) is 4.57 Å². The Morgan fingerprint density at radius 1 is 1.34 bits per heavy atom. The van der Waals surface area contributed by atoms with Crippen LogP contribution in [0.1, 0.15) is 23.9 Å². The molecule has 10 nitrogen and oxygen atoms in total. The van der Waals surface area contributed by atoms with E-state index in [1.165, 1.54) is 37.3 Å². The number of nitrogens with one attached hydrogen (secondary N) is 1. The Morgan fingerprint density at radius 3 is 2.69 bits per heavy atom. The van der Waals surface area contributed by atoms with E-state index >= 15 is 0 Å². The molecule has 0 unspecified atom stereocenters. The number of nitro benzene ring substituents is 1. The van der Waals surface area contributed by atoms with Crippen LogP contribution in [0.25, 0.3) is 6.08 Å². The van der Waals surface area contributed by atoms with E-state index in [0.717, 1.165) is 11.4 Å². The number of nitriles is 1. The summed E-state index contributed by atoms with van der Waals surface area (Å²) >= 11 is 0. The number of esters is 1. The first-order chi connectivity index (χ1) is 15.2. The molecule has 0 saturated heterocycles. The van der Waals surface area contributed by atoms with Gasteiger partial charge in [0.05, 0.1) is 11.5 Å². The monoisotopic (exact) mass is 440 g/mol. The first kappa shape index (κ1) is 24.3. The fourth-order valence-electron chi connectivity index (χ4n) is 3.01. The number of carbonyl (C=O) groups excluding carboxylic acids is 2. The molecule has 1 heterocycles. The number of nitrogens with zero attached hydrogens (tertiary/aromatic N) is 3. The van der Waals surface area contributed by atoms with Gasteiger partial charge in [-0.2, -0.15) is 5.26 Å². The zero-order valence-corrected chi connectivity index (χ0v) is 18.2. The molecular weight excluding hydrogens is 416 g/mol. The fraction of sp³-hybridized carbons (Fsp3) is 0.318. The van der Waals surface area contributed by atoms with Crippen LogP contribution in [0.5, 0.6) is 0 Å². The van der Waals surface area contributed by atoms with Crippen LogP contribution in [0, 0.1) is 35.3 Å². The predicted molar refractivity (Wildman–Crippen MR) is 117 cm³/mol. The minimum absolute atomic E-state index is 0.187. The van der Waals surface area contributed by atoms with Crippen LogP contribution in [-0.2, 0) is 25.6 Å². The van der Waals surface area contributed by atoms with Gasteiger partial charge in [-0.1, -0.05) is 6.07 Å². The highest BCUT2D eigenvalue weighted by atomic mass is 16.6. The summed E-state index contributed by atoms with van der Waals surface area (Å²) in [5.74, 6) is -1.63. The average Bonchev–Trinajstić information content (AvgIpc) is 3.02. The van der Waals surface area contributed by atoms with Crippen LogP contribution in [0.4, 0.5) is 11.4 Å². The van der Waals surface area contributed by atoms with E-state index in [1.807, 2.05) is 30.6 Å². The van der Waals surface area contributed by atoms with Crippen molar-refractivity contribution in [1.29, 1.82) is 5.26 Å². The number of hydrogen-bond acceptors (Lipinski definition) is 7. The molecule has 0 aliphatic carbocycles. The molecule has 1 amide bonds. The summed E-state index contributed by atoms with van der Waals surface area (Å²) in [6.07, 6.45) is 0.187. The Bertz CT molecular complexity index is 1100. The van der Waals surface area contributed by atoms with Gasteiger partial charge in [0.25, 0.3) is 11.6 Å². The summed E-state index contributed by atoms with van der Waals surface area (Å²) in [5.41, 5.74) is 2.22. The number of rotatable bonds is 9. The second-order valence-electron chi connectivity index (χ2n) is 6.98. The molecular formula is C22H24N4O6. The summed E-state index contributed by atoms with van der Waals surface area (Å²) in [4.78, 5) is 35.0. The van der Waals surface area contributed by atoms with Crippen LogP contribution < -0.4 is 5.32 Å². The summed E-state index contributed by atoms with van der Waals surface area (Å²) < 4.78 is 12.2. The Labute approximate surface area is 185 Å². The van der Waals surface area contributed by atoms with E-state index in [2.05, 4.69) is 5.32 Å². The lowest BCUT2D eigenvalue weighted by Gasteiger charge is -2.13. The van der Waals surface area contributed by atoms with Crippen molar-refractivity contribution in [3.63, 3.8) is 0 Å². The largest absolute Gasteiger partial charge is 0.448 e. The molecule has 10 heteroatoms. The van der Waals surface area contributed by atoms with E-state index in [4.69, 9.17) is 9.47 Å². The molecule has 2 rings (SSSR count). The van der Waals surface area contributed by atoms with E-state index in [9.17, 15) is 25.0 Å². The fourth-order valence-corrected chi connectivity index (χ4v) is 3.01. The number of amides is 1. The molecule has 0 radical (unpaired) electrons. The molecule has 0 aliphatic heterocycles. The number of aromatic nitrogens is 1. The van der Waals surface area contributed by atoms with Gasteiger partial charge in [0.1, 0.15) is 11.6 Å². The standard InChI is InChI=1S/C22H24N4O6/c1-14-10-17(15(2)25(14)8-9-31-4)11-18(13-23)22(28)32-16(3)21(27)24-19-6-5-7-20(12-19)26(29)30/h5-7,10-12,16H,8-9H2,1-4H3,(H,24,27)/b18-11-/t16-/m1/s1. The van der Waals surface area contributed by atoms with E-state index in [0.29, 0.717) is 18.7 Å². The van der Waals surface area contributed by atoms with Gasteiger partial charge in [-0.3, -0.25) is 14.9 Å². The van der Waals surface area contributed by atoms with E-state index < -0.39 is 22.9 Å². The highest BCUT2D eigenvalue weighted by Gasteiger charge is 2.22. The molecule has 1 atom stereocenters. The van der Waals surface area contributed by atoms with Crippen molar-refractivity contribution >= 4 is 29.3 Å². The van der Waals surface area contributed by atoms with Crippen molar-refractivity contribution in [3.8, 4) is 6.07 Å². The third-order valence-electron chi connectivity index (χ3n) is 4.75. The second kappa shape index (κ2) is 10.9. The zero-order valence-electron chi connectivity index (χ0n) is 18.2. The minimum atomic E-state index is -1.23. The Kier molecular flexibility index (Phi) is 8.26. The predicted octanol–water partition coefficient (Wildman–Crippen LogP) is 3.14. The molecule has 0 spiro atoms. The van der Waals surface area contributed by atoms with Gasteiger partial charge in [-0.15, -0.1) is 0 Å². The smallest absolute Gasteiger partial charge is 0.349 e. The molecule has 0 bridgehead atoms. The number of ether oxygens (including phenoxy) is 2. The van der Waals surface area contributed by atoms with Crippen LogP contribution in [0.2, 0.25) is 0 Å². The number of carbonyl (C=O) groups is 2. The van der Waals surface area contributed by atoms with Crippen molar-refractivity contribution in [2.45, 2.75) is 33.4 Å². The normalized spacial score (nSPS) is 12.0. The highest BCUT2D eigenvalue weighted by molar-refractivity contribution is 6.01. The Balaban J connectivity index is 2.11. The number of methoxy groups -OCH3 is 1. The van der Waals surface area contributed by atoms with Gasteiger partial charge in [0.15, 0.2) is 6.10 Å². The molecule has 168 valence electrons. The van der Waals surface area contributed by atoms with Crippen molar-refractivity contribution in [3.05, 3.63) is 63.0 Å². The molecule has 0 saturated carbocycles. The highest BCUT2D eigenvalue weighted by Crippen LogP contribution is 2.20. The second-order valence-corrected chi connectivity index (χ2v) is 6.98. The number of anilines is 1. The lowest BCUT2D eigenvalue weighted by molar-refractivity contribution is -0.384. The summed E-state index contributed by atoms with van der Waals surface area (Å²) in [5, 5.41) is 22.7. The lowest BCUT2D eigenvalue weighted by Crippen LogP contribution is -2.30. The van der Waals surface area contributed by atoms with Gasteiger partial charge < -0.3 is 19.4 Å². The quantitative estimate of drug-likeness (QED) is 0.208.